The van der Waals surface area contributed by atoms with Gasteiger partial charge in [0.2, 0.25) is 5.89 Å². The Bertz CT molecular complexity index is 505. The summed E-state index contributed by atoms with van der Waals surface area (Å²) in [5, 5.41) is 7.28. The van der Waals surface area contributed by atoms with Crippen molar-refractivity contribution in [2.45, 2.75) is 6.92 Å². The van der Waals surface area contributed by atoms with E-state index in [4.69, 9.17) is 10.2 Å². The van der Waals surface area contributed by atoms with Crippen LogP contribution in [0.5, 0.6) is 0 Å². The highest BCUT2D eigenvalue weighted by Gasteiger charge is 2.07. The third kappa shape index (κ3) is 1.85. The number of hydrogen-bond donors (Lipinski definition) is 1. The second-order valence-corrected chi connectivity index (χ2v) is 3.08. The Kier molecular flexibility index (Phi) is 2.21. The molecule has 0 saturated carbocycles. The van der Waals surface area contributed by atoms with E-state index in [0.717, 1.165) is 0 Å². The first-order valence-corrected chi connectivity index (χ1v) is 4.37. The van der Waals surface area contributed by atoms with E-state index in [9.17, 15) is 4.79 Å². The number of rotatable bonds is 2. The molecule has 1 aromatic carbocycles. The maximum atomic E-state index is 11.1. The fourth-order valence-corrected chi connectivity index (χ4v) is 1.22. The van der Waals surface area contributed by atoms with Crippen LogP contribution in [-0.4, -0.2) is 16.0 Å². The van der Waals surface area contributed by atoms with Crippen molar-refractivity contribution in [3.05, 3.63) is 29.8 Å². The van der Waals surface area contributed by atoms with Gasteiger partial charge in [0.1, 0.15) is 0 Å². The first-order valence-electron chi connectivity index (χ1n) is 4.37. The van der Waals surface area contributed by atoms with Gasteiger partial charge in [-0.25, -0.2) is 0 Å². The number of nitrogens with two attached hydrogens (primary N) is 1. The molecule has 0 atom stereocenters. The maximum Gasteiger partial charge on any atom is 0.313 e. The Labute approximate surface area is 85.9 Å². The molecule has 0 saturated heterocycles. The van der Waals surface area contributed by atoms with Crippen LogP contribution >= 0.6 is 0 Å². The quantitative estimate of drug-likeness (QED) is 0.748. The first-order chi connectivity index (χ1) is 7.16. The van der Waals surface area contributed by atoms with E-state index in [1.54, 1.807) is 24.3 Å². The molecule has 0 aliphatic rings. The minimum Gasteiger partial charge on any atom is -0.404 e. The predicted molar refractivity (Wildman–Crippen MR) is 54.2 cm³/mol. The van der Waals surface area contributed by atoms with Crippen LogP contribution in [0.2, 0.25) is 0 Å². The van der Waals surface area contributed by atoms with Crippen molar-refractivity contribution in [1.82, 2.24) is 10.2 Å². The zero-order valence-electron chi connectivity index (χ0n) is 8.10. The summed E-state index contributed by atoms with van der Waals surface area (Å²) < 4.78 is 5.05. The van der Waals surface area contributed by atoms with Gasteiger partial charge in [0.25, 0.3) is 0 Å². The van der Waals surface area contributed by atoms with E-state index in [1.165, 1.54) is 6.92 Å². The van der Waals surface area contributed by atoms with Crippen LogP contribution in [0, 0.1) is 0 Å². The van der Waals surface area contributed by atoms with E-state index in [0.29, 0.717) is 17.0 Å². The molecular weight excluding hydrogens is 194 g/mol. The van der Waals surface area contributed by atoms with Gasteiger partial charge in [-0.2, -0.15) is 0 Å². The molecule has 15 heavy (non-hydrogen) atoms. The van der Waals surface area contributed by atoms with E-state index >= 15 is 0 Å². The lowest BCUT2D eigenvalue weighted by Gasteiger charge is -1.97. The summed E-state index contributed by atoms with van der Waals surface area (Å²) in [7, 11) is 0. The molecular formula is C10H9N3O2. The minimum absolute atomic E-state index is 0.00987. The van der Waals surface area contributed by atoms with Crippen LogP contribution in [0.15, 0.2) is 28.7 Å². The first kappa shape index (κ1) is 9.39. The van der Waals surface area contributed by atoms with E-state index in [2.05, 4.69) is 10.2 Å². The SMILES string of the molecule is CC(=O)c1cccc(-c2nnc(N)o2)c1. The number of Topliss-reactive ketones (excluding diaryl/α,β-unsaturated/α-hetero) is 1. The monoisotopic (exact) mass is 203 g/mol. The topological polar surface area (TPSA) is 82.0 Å². The van der Waals surface area contributed by atoms with Crippen LogP contribution in [-0.2, 0) is 0 Å². The molecule has 0 fully saturated rings. The Morgan fingerprint density at radius 2 is 2.20 bits per heavy atom. The van der Waals surface area contributed by atoms with Crippen LogP contribution < -0.4 is 5.73 Å². The molecule has 0 aliphatic carbocycles. The average molecular weight is 203 g/mol. The Morgan fingerprint density at radius 1 is 1.40 bits per heavy atom. The fourth-order valence-electron chi connectivity index (χ4n) is 1.22. The summed E-state index contributed by atoms with van der Waals surface area (Å²) >= 11 is 0. The van der Waals surface area contributed by atoms with Crippen molar-refractivity contribution < 1.29 is 9.21 Å². The van der Waals surface area contributed by atoms with Crippen molar-refractivity contribution in [3.63, 3.8) is 0 Å². The summed E-state index contributed by atoms with van der Waals surface area (Å²) in [5.74, 6) is 0.305. The van der Waals surface area contributed by atoms with Crippen molar-refractivity contribution in [3.8, 4) is 11.5 Å². The molecule has 2 N–H and O–H groups in total. The average Bonchev–Trinajstić information content (AvgIpc) is 2.65. The molecule has 76 valence electrons. The lowest BCUT2D eigenvalue weighted by Crippen LogP contribution is -1.91. The smallest absolute Gasteiger partial charge is 0.313 e. The lowest BCUT2D eigenvalue weighted by molar-refractivity contribution is 0.101. The van der Waals surface area contributed by atoms with E-state index in [1.807, 2.05) is 0 Å². The van der Waals surface area contributed by atoms with Crippen LogP contribution in [0.4, 0.5) is 6.01 Å². The third-order valence-corrected chi connectivity index (χ3v) is 1.96. The highest BCUT2D eigenvalue weighted by molar-refractivity contribution is 5.95. The van der Waals surface area contributed by atoms with Gasteiger partial charge in [-0.05, 0) is 19.1 Å². The fraction of sp³-hybridized carbons (Fsp3) is 0.100. The largest absolute Gasteiger partial charge is 0.404 e. The zero-order valence-corrected chi connectivity index (χ0v) is 8.10. The number of carbonyl (C=O) groups is 1. The molecule has 0 bridgehead atoms. The van der Waals surface area contributed by atoms with Gasteiger partial charge in [0, 0.05) is 11.1 Å². The number of anilines is 1. The standard InChI is InChI=1S/C10H9N3O2/c1-6(14)7-3-2-4-8(5-7)9-12-13-10(11)15-9/h2-5H,1H3,(H2,11,13). The van der Waals surface area contributed by atoms with Crippen LogP contribution in [0.1, 0.15) is 17.3 Å². The molecule has 2 aromatic rings. The summed E-state index contributed by atoms with van der Waals surface area (Å²) in [6.45, 7) is 1.50. The van der Waals surface area contributed by atoms with Crippen LogP contribution in [0.25, 0.3) is 11.5 Å². The van der Waals surface area contributed by atoms with Crippen molar-refractivity contribution in [2.75, 3.05) is 5.73 Å². The number of benzene rings is 1. The number of carbonyl (C=O) groups excluding carboxylic acids is 1. The molecule has 0 unspecified atom stereocenters. The second kappa shape index (κ2) is 3.53. The van der Waals surface area contributed by atoms with Gasteiger partial charge in [-0.3, -0.25) is 4.79 Å². The summed E-state index contributed by atoms with van der Waals surface area (Å²) in [5.41, 5.74) is 6.59. The molecule has 0 amide bonds. The number of nitrogen functional groups attached to an aromatic ring is 1. The van der Waals surface area contributed by atoms with E-state index < -0.39 is 0 Å². The lowest BCUT2D eigenvalue weighted by atomic mass is 10.1. The third-order valence-electron chi connectivity index (χ3n) is 1.96. The number of hydrogen-bond acceptors (Lipinski definition) is 5. The molecule has 1 heterocycles. The second-order valence-electron chi connectivity index (χ2n) is 3.08. The van der Waals surface area contributed by atoms with Crippen molar-refractivity contribution in [1.29, 1.82) is 0 Å². The van der Waals surface area contributed by atoms with Gasteiger partial charge in [-0.15, -0.1) is 5.10 Å². The molecule has 0 aliphatic heterocycles. The minimum atomic E-state index is -0.00987. The Balaban J connectivity index is 2.45. The number of ketones is 1. The van der Waals surface area contributed by atoms with Gasteiger partial charge in [0.05, 0.1) is 0 Å². The normalized spacial score (nSPS) is 10.2. The molecule has 0 radical (unpaired) electrons. The van der Waals surface area contributed by atoms with E-state index in [-0.39, 0.29) is 11.8 Å². The molecule has 5 heteroatoms. The molecule has 5 nitrogen and oxygen atoms in total. The number of aromatic nitrogens is 2. The van der Waals surface area contributed by atoms with Crippen LogP contribution in [0.3, 0.4) is 0 Å². The van der Waals surface area contributed by atoms with Gasteiger partial charge < -0.3 is 10.2 Å². The summed E-state index contributed by atoms with van der Waals surface area (Å²) in [6.07, 6.45) is 0. The van der Waals surface area contributed by atoms with Crippen molar-refractivity contribution >= 4 is 11.8 Å². The van der Waals surface area contributed by atoms with Crippen molar-refractivity contribution in [2.24, 2.45) is 0 Å². The Morgan fingerprint density at radius 3 is 2.80 bits per heavy atom. The highest BCUT2D eigenvalue weighted by Crippen LogP contribution is 2.19. The molecule has 1 aromatic heterocycles. The zero-order chi connectivity index (χ0) is 10.8. The van der Waals surface area contributed by atoms with Gasteiger partial charge >= 0.3 is 6.01 Å². The molecule has 2 rings (SSSR count). The summed E-state index contributed by atoms with van der Waals surface area (Å²) in [6, 6.07) is 6.96. The highest BCUT2D eigenvalue weighted by atomic mass is 16.4. The predicted octanol–water partition coefficient (Wildman–Crippen LogP) is 1.52. The molecule has 0 spiro atoms. The Hall–Kier alpha value is -2.17. The van der Waals surface area contributed by atoms with Gasteiger partial charge in [0.15, 0.2) is 5.78 Å². The maximum absolute atomic E-state index is 11.1. The van der Waals surface area contributed by atoms with Gasteiger partial charge in [-0.1, -0.05) is 17.2 Å². The number of nitrogens with zero attached hydrogens (tertiary/aromatic N) is 2. The summed E-state index contributed by atoms with van der Waals surface area (Å²) in [4.78, 5) is 11.1.